The number of hydrogen-bond acceptors (Lipinski definition) is 5. The normalized spacial score (nSPS) is 17.7. The van der Waals surface area contributed by atoms with Crippen molar-refractivity contribution in [3.05, 3.63) is 29.3 Å². The van der Waals surface area contributed by atoms with E-state index in [9.17, 15) is 4.79 Å². The lowest BCUT2D eigenvalue weighted by Gasteiger charge is -2.37. The number of benzene rings is 1. The van der Waals surface area contributed by atoms with Crippen molar-refractivity contribution >= 4 is 27.5 Å². The second-order valence-electron chi connectivity index (χ2n) is 7.09. The minimum absolute atomic E-state index is 0.159. The molecule has 1 amide bonds. The van der Waals surface area contributed by atoms with E-state index in [1.165, 1.54) is 9.71 Å². The molecule has 0 unspecified atom stereocenters. The van der Waals surface area contributed by atoms with E-state index in [0.717, 1.165) is 44.5 Å². The molecule has 1 fully saturated rings. The fourth-order valence-electron chi connectivity index (χ4n) is 3.50. The number of hydrogen-bond donors (Lipinski definition) is 1. The fourth-order valence-corrected chi connectivity index (χ4v) is 4.56. The van der Waals surface area contributed by atoms with Crippen LogP contribution in [-0.2, 0) is 4.79 Å². The number of aromatic nitrogens is 1. The monoisotopic (exact) mass is 374 g/mol. The third-order valence-corrected chi connectivity index (χ3v) is 6.55. The van der Waals surface area contributed by atoms with Gasteiger partial charge in [0.25, 0.3) is 0 Å². The lowest BCUT2D eigenvalue weighted by atomic mass is 10.1. The van der Waals surface area contributed by atoms with Crippen molar-refractivity contribution in [3.8, 4) is 0 Å². The molecular weight excluding hydrogens is 344 g/mol. The van der Waals surface area contributed by atoms with Crippen LogP contribution in [0.15, 0.2) is 24.3 Å². The zero-order valence-corrected chi connectivity index (χ0v) is 16.9. The van der Waals surface area contributed by atoms with Crippen LogP contribution in [-0.4, -0.2) is 59.5 Å². The molecule has 142 valence electrons. The van der Waals surface area contributed by atoms with Crippen LogP contribution >= 0.6 is 11.3 Å². The predicted molar refractivity (Wildman–Crippen MR) is 109 cm³/mol. The number of amides is 1. The highest BCUT2D eigenvalue weighted by Crippen LogP contribution is 2.29. The number of rotatable bonds is 7. The van der Waals surface area contributed by atoms with Crippen molar-refractivity contribution in [1.29, 1.82) is 0 Å². The van der Waals surface area contributed by atoms with Crippen molar-refractivity contribution in [3.63, 3.8) is 0 Å². The van der Waals surface area contributed by atoms with Crippen LogP contribution in [0, 0.1) is 0 Å². The maximum atomic E-state index is 12.2. The van der Waals surface area contributed by atoms with Gasteiger partial charge in [0.15, 0.2) is 0 Å². The molecule has 1 aliphatic heterocycles. The highest BCUT2D eigenvalue weighted by Gasteiger charge is 2.25. The number of nitrogens with zero attached hydrogens (tertiary/aromatic N) is 3. The van der Waals surface area contributed by atoms with Crippen LogP contribution in [0.3, 0.4) is 0 Å². The summed E-state index contributed by atoms with van der Waals surface area (Å²) in [6, 6.07) is 8.97. The highest BCUT2D eigenvalue weighted by molar-refractivity contribution is 7.18. The van der Waals surface area contributed by atoms with Crippen molar-refractivity contribution in [2.24, 2.45) is 0 Å². The summed E-state index contributed by atoms with van der Waals surface area (Å²) < 4.78 is 1.26. The van der Waals surface area contributed by atoms with Gasteiger partial charge in [-0.3, -0.25) is 14.6 Å². The molecule has 1 saturated heterocycles. The van der Waals surface area contributed by atoms with Gasteiger partial charge in [-0.1, -0.05) is 26.0 Å². The molecule has 0 aliphatic carbocycles. The molecule has 5 nitrogen and oxygen atoms in total. The largest absolute Gasteiger partial charge is 0.352 e. The maximum absolute atomic E-state index is 12.2. The number of piperazine rings is 1. The van der Waals surface area contributed by atoms with E-state index in [1.807, 2.05) is 6.07 Å². The summed E-state index contributed by atoms with van der Waals surface area (Å²) in [4.78, 5) is 21.7. The summed E-state index contributed by atoms with van der Waals surface area (Å²) in [6.07, 6.45) is 1.99. The van der Waals surface area contributed by atoms with Gasteiger partial charge in [0, 0.05) is 32.2 Å². The fraction of sp³-hybridized carbons (Fsp3) is 0.600. The predicted octanol–water partition coefficient (Wildman–Crippen LogP) is 3.28. The average molecular weight is 375 g/mol. The van der Waals surface area contributed by atoms with Crippen molar-refractivity contribution in [1.82, 2.24) is 20.1 Å². The Morgan fingerprint density at radius 2 is 1.88 bits per heavy atom. The SMILES string of the molecule is CCC(CC)NC(=O)CN1CCN([C@H](C)c2nc3ccccc3s2)CC1. The van der Waals surface area contributed by atoms with E-state index < -0.39 is 0 Å². The second kappa shape index (κ2) is 8.93. The Bertz CT molecular complexity index is 686. The van der Waals surface area contributed by atoms with Gasteiger partial charge < -0.3 is 5.32 Å². The molecule has 0 saturated carbocycles. The molecule has 2 heterocycles. The van der Waals surface area contributed by atoms with Crippen molar-refractivity contribution in [2.75, 3.05) is 32.7 Å². The second-order valence-corrected chi connectivity index (χ2v) is 8.15. The molecule has 0 radical (unpaired) electrons. The van der Waals surface area contributed by atoms with Gasteiger partial charge in [-0.05, 0) is 31.9 Å². The highest BCUT2D eigenvalue weighted by atomic mass is 32.1. The zero-order valence-electron chi connectivity index (χ0n) is 16.1. The topological polar surface area (TPSA) is 48.5 Å². The van der Waals surface area contributed by atoms with E-state index in [-0.39, 0.29) is 5.91 Å². The molecule has 3 rings (SSSR count). The standard InChI is InChI=1S/C20H30N4OS/c1-4-16(5-2)21-19(25)14-23-10-12-24(13-11-23)15(3)20-22-17-8-6-7-9-18(17)26-20/h6-9,15-16H,4-5,10-14H2,1-3H3,(H,21,25)/t15-/m1/s1. The smallest absolute Gasteiger partial charge is 0.234 e. The van der Waals surface area contributed by atoms with Gasteiger partial charge in [0.2, 0.25) is 5.91 Å². The average Bonchev–Trinajstić information content (AvgIpc) is 3.10. The third kappa shape index (κ3) is 4.61. The van der Waals surface area contributed by atoms with Gasteiger partial charge in [-0.15, -0.1) is 11.3 Å². The quantitative estimate of drug-likeness (QED) is 0.808. The Hall–Kier alpha value is -1.50. The van der Waals surface area contributed by atoms with E-state index in [4.69, 9.17) is 4.98 Å². The Labute approximate surface area is 160 Å². The Kier molecular flexibility index (Phi) is 6.62. The van der Waals surface area contributed by atoms with E-state index >= 15 is 0 Å². The maximum Gasteiger partial charge on any atom is 0.234 e. The Morgan fingerprint density at radius 3 is 2.54 bits per heavy atom. The summed E-state index contributed by atoms with van der Waals surface area (Å²) in [5, 5.41) is 4.32. The lowest BCUT2D eigenvalue weighted by Crippen LogP contribution is -2.50. The molecule has 1 aromatic carbocycles. The van der Waals surface area contributed by atoms with E-state index in [2.05, 4.69) is 54.1 Å². The number of carbonyl (C=O) groups excluding carboxylic acids is 1. The first kappa shape index (κ1) is 19.3. The van der Waals surface area contributed by atoms with E-state index in [0.29, 0.717) is 18.6 Å². The van der Waals surface area contributed by atoms with Crippen LogP contribution in [0.2, 0.25) is 0 Å². The molecule has 26 heavy (non-hydrogen) atoms. The summed E-state index contributed by atoms with van der Waals surface area (Å²) in [7, 11) is 0. The van der Waals surface area contributed by atoms with E-state index in [1.54, 1.807) is 11.3 Å². The minimum atomic E-state index is 0.159. The van der Waals surface area contributed by atoms with Gasteiger partial charge in [0.1, 0.15) is 5.01 Å². The molecule has 1 aromatic heterocycles. The molecule has 1 aliphatic rings. The molecule has 0 bridgehead atoms. The Balaban J connectivity index is 1.50. The molecular formula is C20H30N4OS. The summed E-state index contributed by atoms with van der Waals surface area (Å²) in [5.74, 6) is 0.159. The number of nitrogens with one attached hydrogen (secondary N) is 1. The van der Waals surface area contributed by atoms with Crippen LogP contribution in [0.1, 0.15) is 44.7 Å². The Morgan fingerprint density at radius 1 is 1.19 bits per heavy atom. The summed E-state index contributed by atoms with van der Waals surface area (Å²) >= 11 is 1.79. The van der Waals surface area contributed by atoms with Gasteiger partial charge in [0.05, 0.1) is 22.8 Å². The summed E-state index contributed by atoms with van der Waals surface area (Å²) in [6.45, 7) is 10.8. The number of thiazole rings is 1. The van der Waals surface area contributed by atoms with Crippen LogP contribution in [0.25, 0.3) is 10.2 Å². The number of carbonyl (C=O) groups is 1. The van der Waals surface area contributed by atoms with Crippen molar-refractivity contribution < 1.29 is 4.79 Å². The summed E-state index contributed by atoms with van der Waals surface area (Å²) in [5.41, 5.74) is 1.09. The molecule has 6 heteroatoms. The van der Waals surface area contributed by atoms with Gasteiger partial charge >= 0.3 is 0 Å². The van der Waals surface area contributed by atoms with Gasteiger partial charge in [-0.2, -0.15) is 0 Å². The first-order valence-corrected chi connectivity index (χ1v) is 10.5. The van der Waals surface area contributed by atoms with Crippen LogP contribution in [0.5, 0.6) is 0 Å². The molecule has 0 spiro atoms. The molecule has 1 atom stereocenters. The number of para-hydroxylation sites is 1. The first-order chi connectivity index (χ1) is 12.6. The number of fused-ring (bicyclic) bond motifs is 1. The molecule has 1 N–H and O–H groups in total. The zero-order chi connectivity index (χ0) is 18.5. The van der Waals surface area contributed by atoms with Crippen LogP contribution in [0.4, 0.5) is 0 Å². The third-order valence-electron chi connectivity index (χ3n) is 5.34. The van der Waals surface area contributed by atoms with Crippen molar-refractivity contribution in [2.45, 2.75) is 45.7 Å². The lowest BCUT2D eigenvalue weighted by molar-refractivity contribution is -0.123. The van der Waals surface area contributed by atoms with Crippen LogP contribution < -0.4 is 5.32 Å². The first-order valence-electron chi connectivity index (χ1n) is 9.72. The minimum Gasteiger partial charge on any atom is -0.352 e. The van der Waals surface area contributed by atoms with Gasteiger partial charge in [-0.25, -0.2) is 4.98 Å². The molecule has 2 aromatic rings.